The summed E-state index contributed by atoms with van der Waals surface area (Å²) < 4.78 is 0. The molecule has 0 aliphatic heterocycles. The lowest BCUT2D eigenvalue weighted by Gasteiger charge is -2.04. The van der Waals surface area contributed by atoms with Gasteiger partial charge in [-0.15, -0.1) is 0 Å². The van der Waals surface area contributed by atoms with Crippen LogP contribution < -0.4 is 5.32 Å². The van der Waals surface area contributed by atoms with Crippen molar-refractivity contribution in [3.63, 3.8) is 0 Å². The highest BCUT2D eigenvalue weighted by molar-refractivity contribution is 5.97. The molecule has 0 bridgehead atoms. The first-order chi connectivity index (χ1) is 16.1. The summed E-state index contributed by atoms with van der Waals surface area (Å²) in [6, 6.07) is 14.9. The smallest absolute Gasteiger partial charge is 0.0395 e. The molecule has 0 radical (unpaired) electrons. The third kappa shape index (κ3) is 16.6. The first-order valence-electron chi connectivity index (χ1n) is 11.9. The van der Waals surface area contributed by atoms with Crippen molar-refractivity contribution in [2.24, 2.45) is 10.9 Å². The summed E-state index contributed by atoms with van der Waals surface area (Å²) in [6.45, 7) is 24.1. The zero-order chi connectivity index (χ0) is 26.5. The Morgan fingerprint density at radius 3 is 1.91 bits per heavy atom. The van der Waals surface area contributed by atoms with Gasteiger partial charge in [-0.3, -0.25) is 4.99 Å². The van der Waals surface area contributed by atoms with Crippen molar-refractivity contribution in [2.45, 2.75) is 55.4 Å². The van der Waals surface area contributed by atoms with Crippen LogP contribution in [0.4, 0.5) is 0 Å². The summed E-state index contributed by atoms with van der Waals surface area (Å²) in [5, 5.41) is 5.39. The van der Waals surface area contributed by atoms with E-state index in [1.165, 1.54) is 16.3 Å². The number of nitrogens with zero attached hydrogens (tertiary/aromatic N) is 1. The molecule has 2 aromatic rings. The molecule has 0 saturated heterocycles. The summed E-state index contributed by atoms with van der Waals surface area (Å²) in [5.74, 6) is 0.516. The van der Waals surface area contributed by atoms with Gasteiger partial charge in [0.25, 0.3) is 0 Å². The molecule has 2 nitrogen and oxygen atoms in total. The highest BCUT2D eigenvalue weighted by Gasteiger charge is 1.97. The maximum Gasteiger partial charge on any atom is 0.0395 e. The summed E-state index contributed by atoms with van der Waals surface area (Å²) in [4.78, 5) is 4.37. The van der Waals surface area contributed by atoms with Gasteiger partial charge in [0.05, 0.1) is 0 Å². The van der Waals surface area contributed by atoms with Crippen LogP contribution in [0.3, 0.4) is 0 Å². The molecule has 0 heterocycles. The molecule has 1 N–H and O–H groups in total. The van der Waals surface area contributed by atoms with Gasteiger partial charge in [-0.25, -0.2) is 0 Å². The maximum atomic E-state index is 4.37. The lowest BCUT2D eigenvalue weighted by molar-refractivity contribution is 0.826. The van der Waals surface area contributed by atoms with Crippen LogP contribution >= 0.6 is 0 Å². The molecule has 2 heteroatoms. The molecule has 0 unspecified atom stereocenters. The van der Waals surface area contributed by atoms with Gasteiger partial charge in [-0.2, -0.15) is 0 Å². The van der Waals surface area contributed by atoms with Crippen molar-refractivity contribution in [3.8, 4) is 0 Å². The van der Waals surface area contributed by atoms with Gasteiger partial charge in [0, 0.05) is 11.9 Å². The fourth-order valence-electron chi connectivity index (χ4n) is 2.41. The molecule has 2 rings (SSSR count). The van der Waals surface area contributed by atoms with Crippen molar-refractivity contribution < 1.29 is 0 Å². The average molecular weight is 461 g/mol. The van der Waals surface area contributed by atoms with Crippen molar-refractivity contribution in [1.82, 2.24) is 5.32 Å². The Hall–Kier alpha value is -2.97. The number of allylic oxidation sites excluding steroid dienone is 7. The minimum absolute atomic E-state index is 0.516. The van der Waals surface area contributed by atoms with E-state index in [2.05, 4.69) is 92.8 Å². The van der Waals surface area contributed by atoms with Crippen molar-refractivity contribution in [1.29, 1.82) is 0 Å². The predicted octanol–water partition coefficient (Wildman–Crippen LogP) is 9.26. The number of benzene rings is 2. The lowest BCUT2D eigenvalue weighted by atomic mass is 10.0. The average Bonchev–Trinajstić information content (AvgIpc) is 2.81. The Kier molecular flexibility index (Phi) is 20.1. The van der Waals surface area contributed by atoms with E-state index in [9.17, 15) is 0 Å². The number of aryl methyl sites for hydroxylation is 1. The van der Waals surface area contributed by atoms with Crippen LogP contribution in [0.2, 0.25) is 0 Å². The van der Waals surface area contributed by atoms with E-state index in [0.29, 0.717) is 5.92 Å². The van der Waals surface area contributed by atoms with E-state index < -0.39 is 0 Å². The Morgan fingerprint density at radius 1 is 0.941 bits per heavy atom. The van der Waals surface area contributed by atoms with E-state index in [1.54, 1.807) is 0 Å². The van der Waals surface area contributed by atoms with Crippen LogP contribution in [-0.4, -0.2) is 19.8 Å². The van der Waals surface area contributed by atoms with Gasteiger partial charge in [0.2, 0.25) is 0 Å². The molecule has 0 fully saturated rings. The van der Waals surface area contributed by atoms with E-state index >= 15 is 0 Å². The zero-order valence-corrected chi connectivity index (χ0v) is 23.4. The highest BCUT2D eigenvalue weighted by atomic mass is 14.7. The Balaban J connectivity index is 0. The molecule has 0 atom stereocenters. The van der Waals surface area contributed by atoms with E-state index in [1.807, 2.05) is 73.1 Å². The normalized spacial score (nSPS) is 11.7. The summed E-state index contributed by atoms with van der Waals surface area (Å²) >= 11 is 0. The third-order valence-corrected chi connectivity index (χ3v) is 4.50. The van der Waals surface area contributed by atoms with Crippen molar-refractivity contribution in [2.75, 3.05) is 14.1 Å². The van der Waals surface area contributed by atoms with Crippen molar-refractivity contribution >= 4 is 16.5 Å². The molecule has 0 amide bonds. The fourth-order valence-corrected chi connectivity index (χ4v) is 2.41. The van der Waals surface area contributed by atoms with Crippen LogP contribution in [-0.2, 0) is 0 Å². The molecule has 34 heavy (non-hydrogen) atoms. The van der Waals surface area contributed by atoms with E-state index in [-0.39, 0.29) is 0 Å². The lowest BCUT2D eigenvalue weighted by Crippen LogP contribution is -1.91. The second kappa shape index (κ2) is 20.6. The molecule has 186 valence electrons. The van der Waals surface area contributed by atoms with Gasteiger partial charge in [0.1, 0.15) is 0 Å². The zero-order valence-electron chi connectivity index (χ0n) is 23.4. The number of nitrogens with one attached hydrogen (secondary N) is 1. The number of hydrogen-bond donors (Lipinski definition) is 1. The quantitative estimate of drug-likeness (QED) is 0.268. The van der Waals surface area contributed by atoms with Crippen molar-refractivity contribution in [3.05, 3.63) is 108 Å². The molecule has 0 aromatic heterocycles. The predicted molar refractivity (Wildman–Crippen MR) is 159 cm³/mol. The molecule has 0 aliphatic carbocycles. The minimum atomic E-state index is 0.516. The number of hydrogen-bond acceptors (Lipinski definition) is 2. The fraction of sp³-hybridized carbons (Fsp3) is 0.344. The molecular formula is C32H48N2. The standard InChI is InChI=1S/C15H23N.C11H10.C4H8.C2H7N/c1-8-15(9-11(2)3)13(6)10-16-14(7)12(4)5;1-9-6-7-10-4-2-3-5-11(10)8-9;1-3-4-2;1-3-2/h8-11H,1,4H2,2-3,5-7H3;2-8H,1H3;3-4H,1-2H3;3H,1-2H3/b13-10+,15-9+,16-14?;;4-3-;. The van der Waals surface area contributed by atoms with Crippen LogP contribution in [0, 0.1) is 12.8 Å². The van der Waals surface area contributed by atoms with E-state index in [0.717, 1.165) is 22.4 Å². The van der Waals surface area contributed by atoms with Crippen LogP contribution in [0.1, 0.15) is 54.0 Å². The minimum Gasteiger partial charge on any atom is -0.323 e. The second-order valence-corrected chi connectivity index (χ2v) is 8.39. The van der Waals surface area contributed by atoms with Gasteiger partial charge in [-0.05, 0) is 89.0 Å². The maximum absolute atomic E-state index is 4.37. The van der Waals surface area contributed by atoms with Crippen LogP contribution in [0.15, 0.2) is 108 Å². The highest BCUT2D eigenvalue weighted by Crippen LogP contribution is 2.15. The largest absolute Gasteiger partial charge is 0.323 e. The second-order valence-electron chi connectivity index (χ2n) is 8.39. The Morgan fingerprint density at radius 2 is 1.47 bits per heavy atom. The monoisotopic (exact) mass is 460 g/mol. The molecule has 0 spiro atoms. The van der Waals surface area contributed by atoms with Crippen LogP contribution in [0.5, 0.6) is 0 Å². The Bertz CT molecular complexity index is 965. The summed E-state index contributed by atoms with van der Waals surface area (Å²) in [5.41, 5.74) is 5.56. The number of aliphatic imine (C=N–C) groups is 1. The first-order valence-corrected chi connectivity index (χ1v) is 11.9. The van der Waals surface area contributed by atoms with Gasteiger partial charge >= 0.3 is 0 Å². The van der Waals surface area contributed by atoms with E-state index in [4.69, 9.17) is 0 Å². The summed E-state index contributed by atoms with van der Waals surface area (Å²) in [6.07, 6.45) is 9.93. The van der Waals surface area contributed by atoms with Crippen LogP contribution in [0.25, 0.3) is 10.8 Å². The molecular weight excluding hydrogens is 412 g/mol. The molecule has 2 aromatic carbocycles. The topological polar surface area (TPSA) is 24.4 Å². The SMILES string of the molecule is C/C=C\C.C=CC(=C\C(C)C)/C(C)=C/N=C(C)C(=C)C.CNC.Cc1ccc2ccccc2c1. The first kappa shape index (κ1) is 33.2. The van der Waals surface area contributed by atoms with Gasteiger partial charge in [0.15, 0.2) is 0 Å². The number of rotatable bonds is 5. The van der Waals surface area contributed by atoms with Gasteiger partial charge in [-0.1, -0.05) is 99.3 Å². The van der Waals surface area contributed by atoms with Gasteiger partial charge < -0.3 is 5.32 Å². The third-order valence-electron chi connectivity index (χ3n) is 4.50. The Labute approximate surface area is 210 Å². The molecule has 0 saturated carbocycles. The summed E-state index contributed by atoms with van der Waals surface area (Å²) in [7, 11) is 3.75. The number of fused-ring (bicyclic) bond motifs is 1. The molecule has 0 aliphatic rings.